The molecule has 0 heterocycles. The van der Waals surface area contributed by atoms with Gasteiger partial charge >= 0.3 is 0 Å². The van der Waals surface area contributed by atoms with Crippen LogP contribution in [0.1, 0.15) is 39.0 Å². The van der Waals surface area contributed by atoms with Gasteiger partial charge in [0.15, 0.2) is 0 Å². The number of rotatable bonds is 0. The van der Waals surface area contributed by atoms with E-state index in [9.17, 15) is 5.11 Å². The van der Waals surface area contributed by atoms with Crippen LogP contribution in [0.25, 0.3) is 0 Å². The summed E-state index contributed by atoms with van der Waals surface area (Å²) in [7, 11) is 1.50. The van der Waals surface area contributed by atoms with Crippen molar-refractivity contribution < 1.29 is 5.11 Å². The Kier molecular flexibility index (Phi) is 4.65. The second-order valence-electron chi connectivity index (χ2n) is 3.06. The van der Waals surface area contributed by atoms with Crippen LogP contribution in [0.3, 0.4) is 0 Å². The topological polar surface area (TPSA) is 46.2 Å². The Hall–Kier alpha value is -0.0800. The molecule has 0 aliphatic heterocycles. The van der Waals surface area contributed by atoms with Crippen LogP contribution in [0, 0.1) is 0 Å². The van der Waals surface area contributed by atoms with Crippen LogP contribution in [0.4, 0.5) is 0 Å². The van der Waals surface area contributed by atoms with E-state index in [0.717, 1.165) is 12.8 Å². The standard InChI is InChI=1S/C7H14O.CH5N/c1-7(8)5-3-2-4-6-7;1-2/h8H,2-6H2,1H3;2H2,1H3. The van der Waals surface area contributed by atoms with Gasteiger partial charge in [-0.25, -0.2) is 0 Å². The summed E-state index contributed by atoms with van der Waals surface area (Å²) in [5.41, 5.74) is 4.18. The lowest BCUT2D eigenvalue weighted by Crippen LogP contribution is -2.26. The molecule has 10 heavy (non-hydrogen) atoms. The van der Waals surface area contributed by atoms with Crippen LogP contribution in [0.15, 0.2) is 0 Å². The molecule has 1 rings (SSSR count). The molecular formula is C8H19NO. The van der Waals surface area contributed by atoms with E-state index in [1.165, 1.54) is 26.3 Å². The first-order valence-corrected chi connectivity index (χ1v) is 4.01. The molecule has 0 amide bonds. The molecule has 62 valence electrons. The van der Waals surface area contributed by atoms with E-state index in [4.69, 9.17) is 0 Å². The summed E-state index contributed by atoms with van der Waals surface area (Å²) in [6, 6.07) is 0. The maximum Gasteiger partial charge on any atom is 0.0619 e. The molecule has 0 spiro atoms. The third-order valence-electron chi connectivity index (χ3n) is 1.93. The second kappa shape index (κ2) is 4.69. The van der Waals surface area contributed by atoms with Crippen LogP contribution in [0.5, 0.6) is 0 Å². The van der Waals surface area contributed by atoms with Crippen molar-refractivity contribution in [2.45, 2.75) is 44.6 Å². The molecule has 0 aromatic heterocycles. The van der Waals surface area contributed by atoms with Crippen LogP contribution in [-0.2, 0) is 0 Å². The molecule has 0 unspecified atom stereocenters. The molecule has 2 heteroatoms. The van der Waals surface area contributed by atoms with E-state index in [1.807, 2.05) is 6.92 Å². The van der Waals surface area contributed by atoms with Crippen molar-refractivity contribution in [2.75, 3.05) is 7.05 Å². The van der Waals surface area contributed by atoms with Crippen LogP contribution in [-0.4, -0.2) is 17.8 Å². The third-order valence-corrected chi connectivity index (χ3v) is 1.93. The Balaban J connectivity index is 0.000000371. The fourth-order valence-corrected chi connectivity index (χ4v) is 1.31. The zero-order chi connectivity index (χ0) is 8.04. The van der Waals surface area contributed by atoms with Gasteiger partial charge in [0.25, 0.3) is 0 Å². The number of aliphatic hydroxyl groups is 1. The van der Waals surface area contributed by atoms with Gasteiger partial charge in [-0.1, -0.05) is 19.3 Å². The van der Waals surface area contributed by atoms with Gasteiger partial charge in [-0.05, 0) is 26.8 Å². The highest BCUT2D eigenvalue weighted by Gasteiger charge is 2.22. The Labute approximate surface area is 63.4 Å². The van der Waals surface area contributed by atoms with E-state index < -0.39 is 0 Å². The monoisotopic (exact) mass is 145 g/mol. The lowest BCUT2D eigenvalue weighted by molar-refractivity contribution is 0.0225. The maximum absolute atomic E-state index is 9.37. The highest BCUT2D eigenvalue weighted by Crippen LogP contribution is 2.26. The van der Waals surface area contributed by atoms with E-state index in [-0.39, 0.29) is 5.60 Å². The van der Waals surface area contributed by atoms with Gasteiger partial charge in [0.1, 0.15) is 0 Å². The minimum absolute atomic E-state index is 0.321. The summed E-state index contributed by atoms with van der Waals surface area (Å²) in [5, 5.41) is 9.37. The summed E-state index contributed by atoms with van der Waals surface area (Å²) < 4.78 is 0. The fourth-order valence-electron chi connectivity index (χ4n) is 1.31. The smallest absolute Gasteiger partial charge is 0.0619 e. The van der Waals surface area contributed by atoms with E-state index in [0.29, 0.717) is 0 Å². The lowest BCUT2D eigenvalue weighted by Gasteiger charge is -2.27. The lowest BCUT2D eigenvalue weighted by atomic mass is 9.87. The molecule has 0 atom stereocenters. The summed E-state index contributed by atoms with van der Waals surface area (Å²) >= 11 is 0. The largest absolute Gasteiger partial charge is 0.390 e. The average Bonchev–Trinajstić information content (AvgIpc) is 1.92. The van der Waals surface area contributed by atoms with Crippen molar-refractivity contribution in [1.82, 2.24) is 0 Å². The van der Waals surface area contributed by atoms with Gasteiger partial charge in [-0.2, -0.15) is 0 Å². The van der Waals surface area contributed by atoms with Gasteiger partial charge in [0.05, 0.1) is 5.60 Å². The van der Waals surface area contributed by atoms with Crippen molar-refractivity contribution >= 4 is 0 Å². The van der Waals surface area contributed by atoms with E-state index in [2.05, 4.69) is 5.73 Å². The van der Waals surface area contributed by atoms with Gasteiger partial charge in [-0.3, -0.25) is 0 Å². The fraction of sp³-hybridized carbons (Fsp3) is 1.00. The van der Waals surface area contributed by atoms with Crippen LogP contribution in [0.2, 0.25) is 0 Å². The number of hydrogen-bond acceptors (Lipinski definition) is 2. The Morgan fingerprint density at radius 1 is 1.10 bits per heavy atom. The average molecular weight is 145 g/mol. The molecule has 1 aliphatic rings. The van der Waals surface area contributed by atoms with Crippen molar-refractivity contribution in [3.8, 4) is 0 Å². The predicted molar refractivity (Wildman–Crippen MR) is 43.8 cm³/mol. The van der Waals surface area contributed by atoms with Crippen molar-refractivity contribution in [1.29, 1.82) is 0 Å². The normalized spacial score (nSPS) is 22.8. The van der Waals surface area contributed by atoms with Crippen molar-refractivity contribution in [2.24, 2.45) is 5.73 Å². The number of nitrogens with two attached hydrogens (primary N) is 1. The predicted octanol–water partition coefficient (Wildman–Crippen LogP) is 1.28. The molecule has 0 radical (unpaired) electrons. The maximum atomic E-state index is 9.37. The molecule has 0 bridgehead atoms. The molecule has 1 fully saturated rings. The molecule has 1 saturated carbocycles. The number of hydrogen-bond donors (Lipinski definition) is 2. The zero-order valence-electron chi connectivity index (χ0n) is 7.06. The van der Waals surface area contributed by atoms with Gasteiger partial charge in [0.2, 0.25) is 0 Å². The highest BCUT2D eigenvalue weighted by atomic mass is 16.3. The van der Waals surface area contributed by atoms with E-state index in [1.54, 1.807) is 0 Å². The molecule has 0 aromatic carbocycles. The summed E-state index contributed by atoms with van der Waals surface area (Å²) in [5.74, 6) is 0. The van der Waals surface area contributed by atoms with Crippen molar-refractivity contribution in [3.05, 3.63) is 0 Å². The molecule has 3 N–H and O–H groups in total. The zero-order valence-corrected chi connectivity index (χ0v) is 7.06. The molecular weight excluding hydrogens is 126 g/mol. The molecule has 0 saturated heterocycles. The first kappa shape index (κ1) is 9.92. The first-order valence-electron chi connectivity index (χ1n) is 4.01. The quantitative estimate of drug-likeness (QED) is 0.539. The molecule has 2 nitrogen and oxygen atoms in total. The minimum Gasteiger partial charge on any atom is -0.390 e. The summed E-state index contributed by atoms with van der Waals surface area (Å²) in [4.78, 5) is 0. The van der Waals surface area contributed by atoms with Gasteiger partial charge in [-0.15, -0.1) is 0 Å². The summed E-state index contributed by atoms with van der Waals surface area (Å²) in [6.07, 6.45) is 5.76. The Morgan fingerprint density at radius 2 is 1.50 bits per heavy atom. The first-order chi connectivity index (χ1) is 4.71. The second-order valence-corrected chi connectivity index (χ2v) is 3.06. The SMILES string of the molecule is CC1(O)CCCCC1.CN. The van der Waals surface area contributed by atoms with Crippen molar-refractivity contribution in [3.63, 3.8) is 0 Å². The third kappa shape index (κ3) is 3.85. The Bertz CT molecular complexity index is 73.3. The van der Waals surface area contributed by atoms with Gasteiger partial charge in [0, 0.05) is 0 Å². The molecule has 0 aromatic rings. The van der Waals surface area contributed by atoms with E-state index >= 15 is 0 Å². The van der Waals surface area contributed by atoms with Crippen LogP contribution >= 0.6 is 0 Å². The van der Waals surface area contributed by atoms with Crippen LogP contribution < -0.4 is 5.73 Å². The summed E-state index contributed by atoms with van der Waals surface area (Å²) in [6.45, 7) is 1.94. The Morgan fingerprint density at radius 3 is 1.70 bits per heavy atom. The van der Waals surface area contributed by atoms with Gasteiger partial charge < -0.3 is 10.8 Å². The highest BCUT2D eigenvalue weighted by molar-refractivity contribution is 4.76. The molecule has 1 aliphatic carbocycles. The minimum atomic E-state index is -0.321.